The smallest absolute Gasteiger partial charge is 0.407 e. The molecule has 1 aliphatic rings. The molecule has 40 heavy (non-hydrogen) atoms. The first-order valence-corrected chi connectivity index (χ1v) is 13.7. The van der Waals surface area contributed by atoms with E-state index in [0.29, 0.717) is 32.2 Å². The molecule has 3 amide bonds. The summed E-state index contributed by atoms with van der Waals surface area (Å²) in [6.45, 7) is 2.38. The van der Waals surface area contributed by atoms with E-state index in [2.05, 4.69) is 5.32 Å². The average Bonchev–Trinajstić information content (AvgIpc) is 3.45. The van der Waals surface area contributed by atoms with E-state index in [1.54, 1.807) is 0 Å². The molecular weight excluding hydrogens is 520 g/mol. The van der Waals surface area contributed by atoms with Crippen LogP contribution in [0.1, 0.15) is 57.4 Å². The Hall–Kier alpha value is -3.67. The highest BCUT2D eigenvalue weighted by Crippen LogP contribution is 2.19. The highest BCUT2D eigenvalue weighted by atomic mass is 16.5. The molecule has 1 aromatic carbocycles. The van der Waals surface area contributed by atoms with Gasteiger partial charge in [0.25, 0.3) is 0 Å². The van der Waals surface area contributed by atoms with Crippen LogP contribution < -0.4 is 11.1 Å². The molecule has 1 aliphatic heterocycles. The molecule has 1 heterocycles. The highest BCUT2D eigenvalue weighted by molar-refractivity contribution is 5.91. The molecule has 2 rings (SSSR count). The number of ether oxygens (including phenoxy) is 3. The van der Waals surface area contributed by atoms with Crippen molar-refractivity contribution >= 4 is 29.8 Å². The van der Waals surface area contributed by atoms with Crippen LogP contribution in [-0.4, -0.2) is 91.6 Å². The number of carbonyl (C=O) groups is 5. The topological polar surface area (TPSA) is 158 Å². The van der Waals surface area contributed by atoms with Crippen molar-refractivity contribution in [2.45, 2.75) is 76.6 Å². The summed E-state index contributed by atoms with van der Waals surface area (Å²) >= 11 is 0. The van der Waals surface area contributed by atoms with E-state index in [9.17, 15) is 24.0 Å². The zero-order chi connectivity index (χ0) is 29.5. The molecule has 1 unspecified atom stereocenters. The van der Waals surface area contributed by atoms with Gasteiger partial charge < -0.3 is 35.1 Å². The Bertz CT molecular complexity index is 990. The first-order chi connectivity index (χ1) is 19.2. The first kappa shape index (κ1) is 32.5. The molecule has 12 heteroatoms. The second-order valence-electron chi connectivity index (χ2n) is 9.78. The van der Waals surface area contributed by atoms with Crippen molar-refractivity contribution in [1.29, 1.82) is 0 Å². The zero-order valence-electron chi connectivity index (χ0n) is 23.6. The van der Waals surface area contributed by atoms with Crippen molar-refractivity contribution in [3.63, 3.8) is 0 Å². The lowest BCUT2D eigenvalue weighted by Gasteiger charge is -2.28. The number of rotatable bonds is 15. The molecular formula is C28H42N4O8. The predicted molar refractivity (Wildman–Crippen MR) is 146 cm³/mol. The van der Waals surface area contributed by atoms with Crippen LogP contribution in [0.2, 0.25) is 0 Å². The summed E-state index contributed by atoms with van der Waals surface area (Å²) in [6.07, 6.45) is 2.63. The van der Waals surface area contributed by atoms with Crippen molar-refractivity contribution in [3.05, 3.63) is 35.9 Å². The largest absolute Gasteiger partial charge is 0.467 e. The summed E-state index contributed by atoms with van der Waals surface area (Å²) in [7, 11) is 2.72. The zero-order valence-corrected chi connectivity index (χ0v) is 23.6. The van der Waals surface area contributed by atoms with Gasteiger partial charge in [-0.15, -0.1) is 0 Å². The number of carbonyl (C=O) groups excluding carboxylic acids is 5. The Morgan fingerprint density at radius 3 is 2.50 bits per heavy atom. The Morgan fingerprint density at radius 2 is 1.82 bits per heavy atom. The minimum absolute atomic E-state index is 0.103. The standard InChI is InChI=1S/C28H42N4O8/c1-4-5-17-39-28(37)30-22(14-9-13-21(29)26(35)40-19-20-11-7-6-8-12-20)25(34)31(2)18-24(33)32-16-10-15-23(32)27(36)38-3/h6-8,11-12,21-23H,4-5,9-10,13-19,29H2,1-3H3,(H,30,37)/t21?,22-,23-/m0/s1. The molecule has 12 nitrogen and oxygen atoms in total. The van der Waals surface area contributed by atoms with Crippen LogP contribution >= 0.6 is 0 Å². The molecule has 3 atom stereocenters. The molecule has 0 aliphatic carbocycles. The van der Waals surface area contributed by atoms with E-state index in [-0.39, 0.29) is 32.6 Å². The van der Waals surface area contributed by atoms with Gasteiger partial charge in [-0.2, -0.15) is 0 Å². The van der Waals surface area contributed by atoms with Gasteiger partial charge in [-0.1, -0.05) is 43.7 Å². The van der Waals surface area contributed by atoms with Gasteiger partial charge in [-0.3, -0.25) is 14.4 Å². The molecule has 0 aromatic heterocycles. The number of nitrogens with zero attached hydrogens (tertiary/aromatic N) is 2. The minimum atomic E-state index is -1.01. The number of unbranched alkanes of at least 4 members (excludes halogenated alkanes) is 1. The molecule has 0 radical (unpaired) electrons. The van der Waals surface area contributed by atoms with Gasteiger partial charge in [-0.05, 0) is 44.1 Å². The molecule has 1 aromatic rings. The SMILES string of the molecule is CCCCOC(=O)N[C@@H](CCCC(N)C(=O)OCc1ccccc1)C(=O)N(C)CC(=O)N1CCC[C@H]1C(=O)OC. The van der Waals surface area contributed by atoms with Crippen molar-refractivity contribution in [2.75, 3.05) is 33.9 Å². The van der Waals surface area contributed by atoms with Crippen LogP contribution in [0.4, 0.5) is 4.79 Å². The number of likely N-dealkylation sites (tertiary alicyclic amines) is 1. The molecule has 0 spiro atoms. The Kier molecular flexibility index (Phi) is 13.9. The van der Waals surface area contributed by atoms with E-state index in [1.165, 1.54) is 24.0 Å². The van der Waals surface area contributed by atoms with Gasteiger partial charge in [0.1, 0.15) is 24.7 Å². The summed E-state index contributed by atoms with van der Waals surface area (Å²) in [5.74, 6) is -1.95. The number of esters is 2. The maximum absolute atomic E-state index is 13.3. The fourth-order valence-electron chi connectivity index (χ4n) is 4.33. The molecule has 1 fully saturated rings. The molecule has 1 saturated heterocycles. The van der Waals surface area contributed by atoms with Crippen LogP contribution in [0, 0.1) is 0 Å². The Labute approximate surface area is 235 Å². The lowest BCUT2D eigenvalue weighted by Crippen LogP contribution is -2.51. The Morgan fingerprint density at radius 1 is 1.10 bits per heavy atom. The van der Waals surface area contributed by atoms with Crippen LogP contribution in [0.5, 0.6) is 0 Å². The van der Waals surface area contributed by atoms with E-state index >= 15 is 0 Å². The highest BCUT2D eigenvalue weighted by Gasteiger charge is 2.36. The number of benzene rings is 1. The van der Waals surface area contributed by atoms with Gasteiger partial charge in [0, 0.05) is 13.6 Å². The number of hydrogen-bond donors (Lipinski definition) is 2. The summed E-state index contributed by atoms with van der Waals surface area (Å²) in [5, 5.41) is 2.58. The number of alkyl carbamates (subject to hydrolysis) is 1. The minimum Gasteiger partial charge on any atom is -0.467 e. The van der Waals surface area contributed by atoms with Crippen LogP contribution in [0.3, 0.4) is 0 Å². The number of methoxy groups -OCH3 is 1. The van der Waals surface area contributed by atoms with Crippen molar-refractivity contribution in [1.82, 2.24) is 15.1 Å². The molecule has 3 N–H and O–H groups in total. The summed E-state index contributed by atoms with van der Waals surface area (Å²) in [6, 6.07) is 6.63. The van der Waals surface area contributed by atoms with Gasteiger partial charge in [0.2, 0.25) is 11.8 Å². The van der Waals surface area contributed by atoms with Crippen LogP contribution in [0.25, 0.3) is 0 Å². The molecule has 0 saturated carbocycles. The van der Waals surface area contributed by atoms with Crippen molar-refractivity contribution in [2.24, 2.45) is 5.73 Å². The number of hydrogen-bond acceptors (Lipinski definition) is 9. The second-order valence-corrected chi connectivity index (χ2v) is 9.78. The van der Waals surface area contributed by atoms with Gasteiger partial charge >= 0.3 is 18.0 Å². The third-order valence-electron chi connectivity index (χ3n) is 6.65. The second kappa shape index (κ2) is 17.1. The molecule has 0 bridgehead atoms. The lowest BCUT2D eigenvalue weighted by atomic mass is 10.0. The maximum atomic E-state index is 13.3. The third-order valence-corrected chi connectivity index (χ3v) is 6.65. The van der Waals surface area contributed by atoms with E-state index in [4.69, 9.17) is 19.9 Å². The van der Waals surface area contributed by atoms with Gasteiger partial charge in [0.15, 0.2) is 0 Å². The van der Waals surface area contributed by atoms with E-state index in [0.717, 1.165) is 12.0 Å². The normalized spacial score (nSPS) is 16.0. The quantitative estimate of drug-likeness (QED) is 0.185. The number of nitrogens with two attached hydrogens (primary N) is 1. The molecule has 222 valence electrons. The lowest BCUT2D eigenvalue weighted by molar-refractivity contribution is -0.152. The number of nitrogens with one attached hydrogen (secondary N) is 1. The van der Waals surface area contributed by atoms with E-state index < -0.39 is 48.0 Å². The van der Waals surface area contributed by atoms with Crippen LogP contribution in [0.15, 0.2) is 30.3 Å². The number of amides is 3. The monoisotopic (exact) mass is 562 g/mol. The van der Waals surface area contributed by atoms with Crippen LogP contribution in [-0.2, 0) is 40.0 Å². The fourth-order valence-corrected chi connectivity index (χ4v) is 4.33. The first-order valence-electron chi connectivity index (χ1n) is 13.7. The predicted octanol–water partition coefficient (Wildman–Crippen LogP) is 1.74. The summed E-state index contributed by atoms with van der Waals surface area (Å²) in [4.78, 5) is 65.5. The van der Waals surface area contributed by atoms with Gasteiger partial charge in [-0.25, -0.2) is 9.59 Å². The van der Waals surface area contributed by atoms with E-state index in [1.807, 2.05) is 37.3 Å². The maximum Gasteiger partial charge on any atom is 0.407 e. The van der Waals surface area contributed by atoms with Gasteiger partial charge in [0.05, 0.1) is 20.3 Å². The van der Waals surface area contributed by atoms with Crippen molar-refractivity contribution < 1.29 is 38.2 Å². The Balaban J connectivity index is 1.94. The summed E-state index contributed by atoms with van der Waals surface area (Å²) in [5.41, 5.74) is 6.84. The summed E-state index contributed by atoms with van der Waals surface area (Å²) < 4.78 is 15.2. The van der Waals surface area contributed by atoms with Crippen molar-refractivity contribution in [3.8, 4) is 0 Å². The average molecular weight is 563 g/mol. The fraction of sp³-hybridized carbons (Fsp3) is 0.607. The number of likely N-dealkylation sites (N-methyl/N-ethyl adjacent to an activating group) is 1. The third kappa shape index (κ3) is 10.5.